The van der Waals surface area contributed by atoms with Crippen LogP contribution in [0.2, 0.25) is 5.02 Å². The van der Waals surface area contributed by atoms with Gasteiger partial charge < -0.3 is 9.47 Å². The molecule has 25 heavy (non-hydrogen) atoms. The predicted molar refractivity (Wildman–Crippen MR) is 109 cm³/mol. The molecule has 1 aromatic carbocycles. The lowest BCUT2D eigenvalue weighted by atomic mass is 10.2. The van der Waals surface area contributed by atoms with Crippen molar-refractivity contribution in [3.63, 3.8) is 0 Å². The first-order chi connectivity index (χ1) is 12.1. The van der Waals surface area contributed by atoms with E-state index in [0.717, 1.165) is 23.0 Å². The summed E-state index contributed by atoms with van der Waals surface area (Å²) in [5.41, 5.74) is 1.00. The van der Waals surface area contributed by atoms with Gasteiger partial charge >= 0.3 is 0 Å². The van der Waals surface area contributed by atoms with Crippen molar-refractivity contribution < 1.29 is 4.79 Å². The number of nitrogens with zero attached hydrogens (tertiary/aromatic N) is 3. The Balaban J connectivity index is 1.63. The van der Waals surface area contributed by atoms with Gasteiger partial charge in [-0.1, -0.05) is 53.8 Å². The summed E-state index contributed by atoms with van der Waals surface area (Å²) in [6.45, 7) is 2.59. The predicted octanol–water partition coefficient (Wildman–Crippen LogP) is 3.79. The van der Waals surface area contributed by atoms with Gasteiger partial charge in [0.2, 0.25) is 0 Å². The number of aromatic nitrogens is 1. The highest BCUT2D eigenvalue weighted by Crippen LogP contribution is 2.17. The summed E-state index contributed by atoms with van der Waals surface area (Å²) < 4.78 is 2.74. The van der Waals surface area contributed by atoms with Gasteiger partial charge in [0.05, 0.1) is 12.3 Å². The number of thiocarbonyl (C=S) groups is 1. The number of carbonyl (C=O) groups is 1. The maximum Gasteiger partial charge on any atom is 0.258 e. The summed E-state index contributed by atoms with van der Waals surface area (Å²) in [6, 6.07) is 7.69. The van der Waals surface area contributed by atoms with Crippen molar-refractivity contribution in [1.82, 2.24) is 9.47 Å². The number of benzene rings is 1. The van der Waals surface area contributed by atoms with E-state index < -0.39 is 0 Å². The minimum atomic E-state index is -0.165. The number of halogens is 1. The first-order valence-electron chi connectivity index (χ1n) is 8.00. The molecule has 8 heteroatoms. The molecule has 0 spiro atoms. The molecule has 0 radical (unpaired) electrons. The summed E-state index contributed by atoms with van der Waals surface area (Å²) in [7, 11) is 0. The fraction of sp³-hybridized carbons (Fsp3) is 0.353. The van der Waals surface area contributed by atoms with Crippen LogP contribution in [-0.2, 0) is 11.3 Å². The van der Waals surface area contributed by atoms with Crippen LogP contribution in [0.25, 0.3) is 0 Å². The maximum atomic E-state index is 12.2. The molecule has 1 fully saturated rings. The van der Waals surface area contributed by atoms with Gasteiger partial charge in [-0.25, -0.2) is 0 Å². The minimum absolute atomic E-state index is 0.165. The van der Waals surface area contributed by atoms with E-state index in [2.05, 4.69) is 9.89 Å². The summed E-state index contributed by atoms with van der Waals surface area (Å²) in [5, 5.41) is 2.63. The maximum absolute atomic E-state index is 12.2. The fourth-order valence-corrected chi connectivity index (χ4v) is 4.55. The van der Waals surface area contributed by atoms with Crippen LogP contribution in [-0.4, -0.2) is 38.5 Å². The van der Waals surface area contributed by atoms with Crippen LogP contribution in [0.15, 0.2) is 40.8 Å². The molecule has 4 nitrogen and oxygen atoms in total. The topological polar surface area (TPSA) is 37.6 Å². The van der Waals surface area contributed by atoms with Gasteiger partial charge in [-0.15, -0.1) is 11.3 Å². The zero-order valence-corrected chi connectivity index (χ0v) is 16.8. The van der Waals surface area contributed by atoms with Crippen molar-refractivity contribution >= 4 is 57.1 Å². The van der Waals surface area contributed by atoms with Crippen LogP contribution in [0, 0.1) is 0 Å². The second-order valence-corrected chi connectivity index (χ2v) is 8.55. The number of thiazole rings is 1. The number of hydrogen-bond acceptors (Lipinski definition) is 4. The number of rotatable bonds is 4. The third kappa shape index (κ3) is 5.17. The first-order valence-corrected chi connectivity index (χ1v) is 10.7. The van der Waals surface area contributed by atoms with Gasteiger partial charge in [0.25, 0.3) is 5.91 Å². The van der Waals surface area contributed by atoms with Crippen LogP contribution >= 0.6 is 46.9 Å². The summed E-state index contributed by atoms with van der Waals surface area (Å²) in [4.78, 5) is 19.3. The highest BCUT2D eigenvalue weighted by molar-refractivity contribution is 8.23. The van der Waals surface area contributed by atoms with Crippen molar-refractivity contribution in [2.75, 3.05) is 18.8 Å². The monoisotopic (exact) mass is 411 g/mol. The van der Waals surface area contributed by atoms with Crippen LogP contribution in [0.1, 0.15) is 18.4 Å². The van der Waals surface area contributed by atoms with E-state index in [1.54, 1.807) is 0 Å². The van der Waals surface area contributed by atoms with E-state index in [4.69, 9.17) is 23.8 Å². The molecule has 0 atom stereocenters. The Labute approximate surface area is 165 Å². The number of carbonyl (C=O) groups excluding carboxylic acids is 1. The highest BCUT2D eigenvalue weighted by atomic mass is 35.5. The number of hydrogen-bond donors (Lipinski definition) is 0. The molecule has 1 aliphatic rings. The Hall–Kier alpha value is -1.15. The number of thioether (sulfide) groups is 1. The van der Waals surface area contributed by atoms with E-state index in [1.807, 2.05) is 40.4 Å². The van der Waals surface area contributed by atoms with Gasteiger partial charge in [0.1, 0.15) is 4.32 Å². The SMILES string of the molecule is O=C(CSC(=S)N1CCCC1)N=c1sccn1Cc1ccccc1Cl. The molecule has 1 aromatic heterocycles. The molecule has 1 aliphatic heterocycles. The number of likely N-dealkylation sites (tertiary alicyclic amines) is 1. The summed E-state index contributed by atoms with van der Waals surface area (Å²) in [6.07, 6.45) is 4.27. The van der Waals surface area contributed by atoms with Gasteiger partial charge in [-0.2, -0.15) is 4.99 Å². The van der Waals surface area contributed by atoms with Crippen LogP contribution in [0.4, 0.5) is 0 Å². The van der Waals surface area contributed by atoms with Gasteiger partial charge in [-0.3, -0.25) is 4.79 Å². The molecule has 0 saturated carbocycles. The average Bonchev–Trinajstić information content (AvgIpc) is 3.27. The summed E-state index contributed by atoms with van der Waals surface area (Å²) >= 11 is 14.4. The molecule has 1 saturated heterocycles. The minimum Gasteiger partial charge on any atom is -0.358 e. The lowest BCUT2D eigenvalue weighted by Gasteiger charge is -2.16. The van der Waals surface area contributed by atoms with Gasteiger partial charge in [0.15, 0.2) is 4.80 Å². The zero-order chi connectivity index (χ0) is 17.6. The zero-order valence-electron chi connectivity index (χ0n) is 13.6. The molecule has 0 bridgehead atoms. The van der Waals surface area contributed by atoms with E-state index in [-0.39, 0.29) is 11.7 Å². The van der Waals surface area contributed by atoms with Crippen molar-refractivity contribution in [3.05, 3.63) is 51.2 Å². The quantitative estimate of drug-likeness (QED) is 0.717. The number of amides is 1. The molecule has 2 aromatic rings. The highest BCUT2D eigenvalue weighted by Gasteiger charge is 2.16. The molecule has 1 amide bonds. The normalized spacial score (nSPS) is 14.9. The Kier molecular flexibility index (Phi) is 6.70. The molecular weight excluding hydrogens is 394 g/mol. The van der Waals surface area contributed by atoms with E-state index in [0.29, 0.717) is 16.4 Å². The Morgan fingerprint density at radius 3 is 2.84 bits per heavy atom. The smallest absolute Gasteiger partial charge is 0.258 e. The Morgan fingerprint density at radius 2 is 2.08 bits per heavy atom. The summed E-state index contributed by atoms with van der Waals surface area (Å²) in [5.74, 6) is 0.112. The first kappa shape index (κ1) is 18.6. The Bertz CT molecular complexity index is 824. The van der Waals surface area contributed by atoms with Crippen LogP contribution < -0.4 is 4.80 Å². The van der Waals surface area contributed by atoms with Crippen molar-refractivity contribution in [2.24, 2.45) is 4.99 Å². The third-order valence-corrected chi connectivity index (χ3v) is 6.53. The Morgan fingerprint density at radius 1 is 1.32 bits per heavy atom. The standard InChI is InChI=1S/C17H18ClN3OS3/c18-14-6-2-1-5-13(14)11-21-9-10-24-16(21)19-15(22)12-25-17(23)20-7-3-4-8-20/h1-2,5-6,9-10H,3-4,7-8,11-12H2. The van der Waals surface area contributed by atoms with Gasteiger partial charge in [0, 0.05) is 29.7 Å². The van der Waals surface area contributed by atoms with E-state index in [9.17, 15) is 4.79 Å². The second kappa shape index (κ2) is 8.98. The molecule has 132 valence electrons. The van der Waals surface area contributed by atoms with E-state index >= 15 is 0 Å². The van der Waals surface area contributed by atoms with Crippen LogP contribution in [0.5, 0.6) is 0 Å². The van der Waals surface area contributed by atoms with Gasteiger partial charge in [-0.05, 0) is 24.5 Å². The lowest BCUT2D eigenvalue weighted by Crippen LogP contribution is -2.24. The van der Waals surface area contributed by atoms with E-state index in [1.165, 1.54) is 35.9 Å². The van der Waals surface area contributed by atoms with Crippen molar-refractivity contribution in [2.45, 2.75) is 19.4 Å². The fourth-order valence-electron chi connectivity index (χ4n) is 2.57. The molecule has 2 heterocycles. The van der Waals surface area contributed by atoms with Crippen molar-refractivity contribution in [1.29, 1.82) is 0 Å². The second-order valence-electron chi connectivity index (χ2n) is 5.66. The largest absolute Gasteiger partial charge is 0.358 e. The molecule has 0 aliphatic carbocycles. The molecule has 0 unspecified atom stereocenters. The van der Waals surface area contributed by atoms with Crippen molar-refractivity contribution in [3.8, 4) is 0 Å². The van der Waals surface area contributed by atoms with Crippen LogP contribution in [0.3, 0.4) is 0 Å². The molecule has 3 rings (SSSR count). The lowest BCUT2D eigenvalue weighted by molar-refractivity contribution is -0.115. The third-order valence-electron chi connectivity index (χ3n) is 3.86. The molecule has 0 N–H and O–H groups in total. The average molecular weight is 412 g/mol. The molecular formula is C17H18ClN3OS3.